The number of anilines is 2. The first kappa shape index (κ1) is 25.8. The number of aromatic nitrogens is 2. The fraction of sp³-hybridized carbons (Fsp3) is 0.370. The van der Waals surface area contributed by atoms with E-state index >= 15 is 0 Å². The fourth-order valence-electron chi connectivity index (χ4n) is 4.52. The van der Waals surface area contributed by atoms with Crippen LogP contribution < -0.4 is 11.1 Å². The van der Waals surface area contributed by atoms with Crippen LogP contribution in [-0.2, 0) is 9.84 Å². The van der Waals surface area contributed by atoms with E-state index < -0.39 is 15.7 Å². The van der Waals surface area contributed by atoms with Gasteiger partial charge in [0.25, 0.3) is 5.91 Å². The number of likely N-dealkylation sites (tertiary alicyclic amines) is 1. The lowest BCUT2D eigenvalue weighted by atomic mass is 9.93. The van der Waals surface area contributed by atoms with E-state index in [2.05, 4.69) is 27.1 Å². The Labute approximate surface area is 212 Å². The Morgan fingerprint density at radius 3 is 2.44 bits per heavy atom. The van der Waals surface area contributed by atoms with Crippen LogP contribution in [0.4, 0.5) is 11.5 Å². The van der Waals surface area contributed by atoms with Crippen molar-refractivity contribution >= 4 is 27.2 Å². The molecular weight excluding hydrogens is 474 g/mol. The van der Waals surface area contributed by atoms with Crippen LogP contribution in [0.15, 0.2) is 65.7 Å². The molecule has 0 unspecified atom stereocenters. The number of rotatable bonds is 9. The lowest BCUT2D eigenvalue weighted by Crippen LogP contribution is -2.36. The predicted octanol–water partition coefficient (Wildman–Crippen LogP) is 4.26. The van der Waals surface area contributed by atoms with Crippen molar-refractivity contribution in [3.05, 3.63) is 66.5 Å². The zero-order chi connectivity index (χ0) is 25.5. The molecule has 3 aromatic rings. The van der Waals surface area contributed by atoms with Crippen molar-refractivity contribution in [1.29, 1.82) is 0 Å². The molecule has 1 amide bonds. The minimum Gasteiger partial charge on any atom is -0.382 e. The molecule has 3 N–H and O–H groups in total. The monoisotopic (exact) mass is 507 g/mol. The Kier molecular flexibility index (Phi) is 8.32. The van der Waals surface area contributed by atoms with Crippen molar-refractivity contribution in [3.63, 3.8) is 0 Å². The maximum atomic E-state index is 12.9. The molecule has 1 aliphatic heterocycles. The lowest BCUT2D eigenvalue weighted by Gasteiger charge is -2.31. The number of piperidine rings is 1. The predicted molar refractivity (Wildman–Crippen MR) is 142 cm³/mol. The molecule has 2 aromatic carbocycles. The Morgan fingerprint density at radius 2 is 1.78 bits per heavy atom. The van der Waals surface area contributed by atoms with E-state index in [1.165, 1.54) is 19.0 Å². The number of nitrogens with zero attached hydrogens (tertiary/aromatic N) is 3. The number of nitrogen functional groups attached to an aromatic ring is 1. The summed E-state index contributed by atoms with van der Waals surface area (Å²) in [6.45, 7) is 4.70. The number of sulfone groups is 1. The summed E-state index contributed by atoms with van der Waals surface area (Å²) in [5.74, 6) is 0.420. The van der Waals surface area contributed by atoms with Gasteiger partial charge in [-0.1, -0.05) is 50.1 Å². The molecule has 9 heteroatoms. The molecule has 1 saturated heterocycles. The zero-order valence-corrected chi connectivity index (χ0v) is 21.4. The molecule has 0 atom stereocenters. The maximum Gasteiger partial charge on any atom is 0.278 e. The van der Waals surface area contributed by atoms with Crippen LogP contribution in [0.5, 0.6) is 0 Å². The highest BCUT2D eigenvalue weighted by Gasteiger charge is 2.22. The van der Waals surface area contributed by atoms with Crippen molar-refractivity contribution in [2.75, 3.05) is 36.4 Å². The second-order valence-corrected chi connectivity index (χ2v) is 11.3. The average molecular weight is 508 g/mol. The second-order valence-electron chi connectivity index (χ2n) is 9.23. The van der Waals surface area contributed by atoms with Gasteiger partial charge in [0.2, 0.25) is 0 Å². The van der Waals surface area contributed by atoms with Gasteiger partial charge in [0, 0.05) is 17.8 Å². The molecule has 190 valence electrons. The number of hydrogen-bond donors (Lipinski definition) is 2. The molecule has 1 aromatic heterocycles. The molecule has 2 heterocycles. The van der Waals surface area contributed by atoms with Crippen LogP contribution in [0.3, 0.4) is 0 Å². The van der Waals surface area contributed by atoms with Gasteiger partial charge in [-0.25, -0.2) is 18.4 Å². The zero-order valence-electron chi connectivity index (χ0n) is 20.6. The summed E-state index contributed by atoms with van der Waals surface area (Å²) < 4.78 is 25.9. The second kappa shape index (κ2) is 11.6. The minimum atomic E-state index is -3.41. The fourth-order valence-corrected chi connectivity index (χ4v) is 5.81. The third kappa shape index (κ3) is 6.47. The van der Waals surface area contributed by atoms with Crippen LogP contribution in [0.2, 0.25) is 0 Å². The van der Waals surface area contributed by atoms with Crippen LogP contribution in [0.1, 0.15) is 43.1 Å². The molecule has 1 aliphatic rings. The standard InChI is InChI=1S/C27H33N5O3S/c1-2-6-20-13-15-32(16-14-20)17-18-36(34,35)23-11-9-21(10-12-23)24-19-29-26(28)25(31-24)27(33)30-22-7-4-3-5-8-22/h3-5,7-12,19-20H,2,6,13-18H2,1H3,(H2,28,29)(H,30,33). The number of carbonyl (C=O) groups is 1. The molecule has 4 rings (SSSR count). The summed E-state index contributed by atoms with van der Waals surface area (Å²) in [6, 6.07) is 15.5. The Bertz CT molecular complexity index is 1270. The topological polar surface area (TPSA) is 118 Å². The summed E-state index contributed by atoms with van der Waals surface area (Å²) in [6.07, 6.45) is 6.24. The van der Waals surface area contributed by atoms with Gasteiger partial charge in [-0.3, -0.25) is 4.79 Å². The molecule has 0 spiro atoms. The SMILES string of the molecule is CCCC1CCN(CCS(=O)(=O)c2ccc(-c3cnc(N)c(C(=O)Nc4ccccc4)n3)cc2)CC1. The normalized spacial score (nSPS) is 15.0. The highest BCUT2D eigenvalue weighted by atomic mass is 32.2. The first-order valence-electron chi connectivity index (χ1n) is 12.4. The largest absolute Gasteiger partial charge is 0.382 e. The van der Waals surface area contributed by atoms with Gasteiger partial charge >= 0.3 is 0 Å². The van der Waals surface area contributed by atoms with Crippen molar-refractivity contribution in [2.45, 2.75) is 37.5 Å². The van der Waals surface area contributed by atoms with Gasteiger partial charge in [-0.2, -0.15) is 0 Å². The minimum absolute atomic E-state index is 0.00996. The first-order valence-corrected chi connectivity index (χ1v) is 14.1. The van der Waals surface area contributed by atoms with Crippen LogP contribution in [0.25, 0.3) is 11.3 Å². The van der Waals surface area contributed by atoms with Crippen molar-refractivity contribution in [1.82, 2.24) is 14.9 Å². The van der Waals surface area contributed by atoms with Gasteiger partial charge in [-0.15, -0.1) is 0 Å². The highest BCUT2D eigenvalue weighted by molar-refractivity contribution is 7.91. The molecule has 0 radical (unpaired) electrons. The maximum absolute atomic E-state index is 12.9. The average Bonchev–Trinajstić information content (AvgIpc) is 2.89. The quantitative estimate of drug-likeness (QED) is 0.444. The lowest BCUT2D eigenvalue weighted by molar-refractivity contribution is 0.102. The number of benzene rings is 2. The highest BCUT2D eigenvalue weighted by Crippen LogP contribution is 2.24. The molecule has 1 fully saturated rings. The summed E-state index contributed by atoms with van der Waals surface area (Å²) in [5.41, 5.74) is 7.61. The van der Waals surface area contributed by atoms with Crippen molar-refractivity contribution in [2.24, 2.45) is 5.92 Å². The van der Waals surface area contributed by atoms with Crippen molar-refractivity contribution in [3.8, 4) is 11.3 Å². The summed E-state index contributed by atoms with van der Waals surface area (Å²) in [4.78, 5) is 23.7. The number of nitrogens with two attached hydrogens (primary N) is 1. The summed E-state index contributed by atoms with van der Waals surface area (Å²) in [5, 5.41) is 2.75. The molecule has 8 nitrogen and oxygen atoms in total. The smallest absolute Gasteiger partial charge is 0.278 e. The Morgan fingerprint density at radius 1 is 1.08 bits per heavy atom. The van der Waals surface area contributed by atoms with Crippen LogP contribution in [-0.4, -0.2) is 54.6 Å². The Hall–Kier alpha value is -3.30. The Balaban J connectivity index is 1.41. The number of hydrogen-bond acceptors (Lipinski definition) is 7. The van der Waals surface area contributed by atoms with Crippen LogP contribution >= 0.6 is 0 Å². The van der Waals surface area contributed by atoms with E-state index in [1.807, 2.05) is 18.2 Å². The van der Waals surface area contributed by atoms with E-state index in [4.69, 9.17) is 5.73 Å². The third-order valence-electron chi connectivity index (χ3n) is 6.64. The molecular formula is C27H33N5O3S. The van der Waals surface area contributed by atoms with Gasteiger partial charge in [0.15, 0.2) is 21.3 Å². The molecule has 0 aliphatic carbocycles. The number of carbonyl (C=O) groups excluding carboxylic acids is 1. The third-order valence-corrected chi connectivity index (χ3v) is 8.35. The summed E-state index contributed by atoms with van der Waals surface area (Å²) >= 11 is 0. The van der Waals surface area contributed by atoms with Gasteiger partial charge < -0.3 is 16.0 Å². The van der Waals surface area contributed by atoms with Crippen LogP contribution in [0, 0.1) is 5.92 Å². The molecule has 0 bridgehead atoms. The first-order chi connectivity index (χ1) is 17.4. The molecule has 36 heavy (non-hydrogen) atoms. The van der Waals surface area contributed by atoms with E-state index in [0.717, 1.165) is 31.8 Å². The number of amides is 1. The van der Waals surface area contributed by atoms with Gasteiger partial charge in [0.05, 0.1) is 22.5 Å². The van der Waals surface area contributed by atoms with Gasteiger partial charge in [0.1, 0.15) is 0 Å². The molecule has 0 saturated carbocycles. The van der Waals surface area contributed by atoms with E-state index in [1.54, 1.807) is 36.4 Å². The van der Waals surface area contributed by atoms with E-state index in [-0.39, 0.29) is 22.2 Å². The van der Waals surface area contributed by atoms with Gasteiger partial charge in [-0.05, 0) is 56.1 Å². The van der Waals surface area contributed by atoms with Crippen molar-refractivity contribution < 1.29 is 13.2 Å². The van der Waals surface area contributed by atoms with E-state index in [0.29, 0.717) is 23.5 Å². The summed E-state index contributed by atoms with van der Waals surface area (Å²) in [7, 11) is -3.41. The van der Waals surface area contributed by atoms with E-state index in [9.17, 15) is 13.2 Å². The number of nitrogens with one attached hydrogen (secondary N) is 1. The number of para-hydroxylation sites is 1.